The lowest BCUT2D eigenvalue weighted by molar-refractivity contribution is 0.215. The molecule has 0 spiro atoms. The predicted octanol–water partition coefficient (Wildman–Crippen LogP) is 0.00180. The van der Waals surface area contributed by atoms with Gasteiger partial charge in [-0.05, 0) is 6.07 Å². The quantitative estimate of drug-likeness (QED) is 0.693. The van der Waals surface area contributed by atoms with Gasteiger partial charge in [-0.25, -0.2) is 14.8 Å². The first-order valence-corrected chi connectivity index (χ1v) is 4.14. The van der Waals surface area contributed by atoms with Gasteiger partial charge in [-0.3, -0.25) is 0 Å². The molecule has 0 radical (unpaired) electrons. The predicted molar refractivity (Wildman–Crippen MR) is 45.8 cm³/mol. The van der Waals surface area contributed by atoms with Crippen LogP contribution in [0.15, 0.2) is 18.6 Å². The standard InChI is InChI=1S/C8H10N4O/c13-8-10-3-4-12(8)5-7-1-2-9-6-11-7/h1-2,6H,3-5H2,(H,10,13). The SMILES string of the molecule is O=C1NCCN1Cc1ccncn1. The molecule has 0 aromatic carbocycles. The highest BCUT2D eigenvalue weighted by Gasteiger charge is 2.19. The van der Waals surface area contributed by atoms with Gasteiger partial charge in [-0.2, -0.15) is 0 Å². The van der Waals surface area contributed by atoms with Gasteiger partial charge in [-0.1, -0.05) is 0 Å². The van der Waals surface area contributed by atoms with Crippen LogP contribution in [-0.2, 0) is 6.54 Å². The Morgan fingerprint density at radius 3 is 3.15 bits per heavy atom. The number of hydrogen-bond donors (Lipinski definition) is 1. The van der Waals surface area contributed by atoms with E-state index in [0.717, 1.165) is 18.8 Å². The summed E-state index contributed by atoms with van der Waals surface area (Å²) in [6.07, 6.45) is 3.17. The van der Waals surface area contributed by atoms with E-state index in [4.69, 9.17) is 0 Å². The maximum Gasteiger partial charge on any atom is 0.317 e. The highest BCUT2D eigenvalue weighted by atomic mass is 16.2. The van der Waals surface area contributed by atoms with Crippen molar-refractivity contribution in [2.24, 2.45) is 0 Å². The van der Waals surface area contributed by atoms with Crippen LogP contribution >= 0.6 is 0 Å². The van der Waals surface area contributed by atoms with Crippen molar-refractivity contribution in [1.29, 1.82) is 0 Å². The third-order valence-corrected chi connectivity index (χ3v) is 1.94. The van der Waals surface area contributed by atoms with E-state index in [1.807, 2.05) is 6.07 Å². The van der Waals surface area contributed by atoms with Gasteiger partial charge in [0.2, 0.25) is 0 Å². The summed E-state index contributed by atoms with van der Waals surface area (Å²) in [7, 11) is 0. The first-order chi connectivity index (χ1) is 6.36. The molecular weight excluding hydrogens is 168 g/mol. The first-order valence-electron chi connectivity index (χ1n) is 4.14. The molecule has 1 aromatic rings. The Labute approximate surface area is 75.8 Å². The van der Waals surface area contributed by atoms with Crippen molar-refractivity contribution in [3.63, 3.8) is 0 Å². The summed E-state index contributed by atoms with van der Waals surface area (Å²) in [5.74, 6) is 0. The van der Waals surface area contributed by atoms with E-state index in [-0.39, 0.29) is 6.03 Å². The molecule has 2 amide bonds. The van der Waals surface area contributed by atoms with Crippen molar-refractivity contribution in [3.8, 4) is 0 Å². The lowest BCUT2D eigenvalue weighted by Crippen LogP contribution is -2.27. The molecule has 5 nitrogen and oxygen atoms in total. The summed E-state index contributed by atoms with van der Waals surface area (Å²) in [6, 6.07) is 1.80. The zero-order chi connectivity index (χ0) is 9.10. The largest absolute Gasteiger partial charge is 0.336 e. The van der Waals surface area contributed by atoms with Gasteiger partial charge in [-0.15, -0.1) is 0 Å². The molecular formula is C8H10N4O. The van der Waals surface area contributed by atoms with E-state index in [9.17, 15) is 4.79 Å². The molecule has 0 unspecified atom stereocenters. The van der Waals surface area contributed by atoms with Gasteiger partial charge < -0.3 is 10.2 Å². The van der Waals surface area contributed by atoms with Gasteiger partial charge in [0.25, 0.3) is 0 Å². The van der Waals surface area contributed by atoms with Gasteiger partial charge in [0, 0.05) is 19.3 Å². The fraction of sp³-hybridized carbons (Fsp3) is 0.375. The molecule has 1 aliphatic rings. The summed E-state index contributed by atoms with van der Waals surface area (Å²) < 4.78 is 0. The third-order valence-electron chi connectivity index (χ3n) is 1.94. The van der Waals surface area contributed by atoms with Crippen LogP contribution in [0.2, 0.25) is 0 Å². The summed E-state index contributed by atoms with van der Waals surface area (Å²) in [5.41, 5.74) is 0.868. The van der Waals surface area contributed by atoms with Crippen LogP contribution in [0.5, 0.6) is 0 Å². The summed E-state index contributed by atoms with van der Waals surface area (Å²) in [5, 5.41) is 2.73. The minimum absolute atomic E-state index is 0.0152. The van der Waals surface area contributed by atoms with Crippen LogP contribution in [0.4, 0.5) is 4.79 Å². The second kappa shape index (κ2) is 3.38. The molecule has 13 heavy (non-hydrogen) atoms. The number of urea groups is 1. The van der Waals surface area contributed by atoms with Crippen LogP contribution in [0.3, 0.4) is 0 Å². The van der Waals surface area contributed by atoms with E-state index in [0.29, 0.717) is 6.54 Å². The molecule has 1 aliphatic heterocycles. The number of carbonyl (C=O) groups excluding carboxylic acids is 1. The van der Waals surface area contributed by atoms with E-state index in [1.54, 1.807) is 11.1 Å². The number of aromatic nitrogens is 2. The van der Waals surface area contributed by atoms with E-state index in [2.05, 4.69) is 15.3 Å². The van der Waals surface area contributed by atoms with E-state index in [1.165, 1.54) is 6.33 Å². The Balaban J connectivity index is 2.02. The fourth-order valence-electron chi connectivity index (χ4n) is 1.27. The molecule has 0 atom stereocenters. The van der Waals surface area contributed by atoms with Crippen LogP contribution in [-0.4, -0.2) is 34.0 Å². The molecule has 1 N–H and O–H groups in total. The van der Waals surface area contributed by atoms with Crippen molar-refractivity contribution in [1.82, 2.24) is 20.2 Å². The van der Waals surface area contributed by atoms with Crippen LogP contribution < -0.4 is 5.32 Å². The highest BCUT2D eigenvalue weighted by Crippen LogP contribution is 2.03. The number of nitrogens with one attached hydrogen (secondary N) is 1. The normalized spacial score (nSPS) is 16.0. The molecule has 1 fully saturated rings. The molecule has 68 valence electrons. The Bertz CT molecular complexity index is 300. The second-order valence-corrected chi connectivity index (χ2v) is 2.85. The summed E-state index contributed by atoms with van der Waals surface area (Å²) in [6.45, 7) is 2.04. The Kier molecular flexibility index (Phi) is 2.08. The summed E-state index contributed by atoms with van der Waals surface area (Å²) >= 11 is 0. The van der Waals surface area contributed by atoms with Crippen molar-refractivity contribution >= 4 is 6.03 Å². The molecule has 1 aromatic heterocycles. The van der Waals surface area contributed by atoms with Crippen molar-refractivity contribution < 1.29 is 4.79 Å². The first kappa shape index (κ1) is 7.97. The maximum atomic E-state index is 11.2. The fourth-order valence-corrected chi connectivity index (χ4v) is 1.27. The number of rotatable bonds is 2. The Morgan fingerprint density at radius 2 is 2.54 bits per heavy atom. The van der Waals surface area contributed by atoms with Crippen molar-refractivity contribution in [2.45, 2.75) is 6.54 Å². The number of carbonyl (C=O) groups is 1. The van der Waals surface area contributed by atoms with Crippen LogP contribution in [0.1, 0.15) is 5.69 Å². The average Bonchev–Trinajstić information content (AvgIpc) is 2.54. The van der Waals surface area contributed by atoms with Gasteiger partial charge in [0.15, 0.2) is 0 Å². The lowest BCUT2D eigenvalue weighted by Gasteiger charge is -2.12. The molecule has 1 saturated heterocycles. The zero-order valence-corrected chi connectivity index (χ0v) is 7.10. The number of amides is 2. The van der Waals surface area contributed by atoms with Crippen molar-refractivity contribution in [3.05, 3.63) is 24.3 Å². The van der Waals surface area contributed by atoms with Gasteiger partial charge in [0.1, 0.15) is 6.33 Å². The maximum absolute atomic E-state index is 11.2. The molecule has 0 saturated carbocycles. The highest BCUT2D eigenvalue weighted by molar-refractivity contribution is 5.76. The number of hydrogen-bond acceptors (Lipinski definition) is 3. The van der Waals surface area contributed by atoms with Gasteiger partial charge in [0.05, 0.1) is 12.2 Å². The van der Waals surface area contributed by atoms with Crippen molar-refractivity contribution in [2.75, 3.05) is 13.1 Å². The second-order valence-electron chi connectivity index (χ2n) is 2.85. The van der Waals surface area contributed by atoms with Crippen LogP contribution in [0.25, 0.3) is 0 Å². The number of nitrogens with zero attached hydrogens (tertiary/aromatic N) is 3. The van der Waals surface area contributed by atoms with Crippen LogP contribution in [0, 0.1) is 0 Å². The lowest BCUT2D eigenvalue weighted by atomic mass is 10.4. The third kappa shape index (κ3) is 1.74. The minimum Gasteiger partial charge on any atom is -0.336 e. The Morgan fingerprint density at radius 1 is 1.62 bits per heavy atom. The molecule has 5 heteroatoms. The molecule has 0 aliphatic carbocycles. The smallest absolute Gasteiger partial charge is 0.317 e. The minimum atomic E-state index is -0.0152. The van der Waals surface area contributed by atoms with Gasteiger partial charge >= 0.3 is 6.03 Å². The zero-order valence-electron chi connectivity index (χ0n) is 7.10. The summed E-state index contributed by atoms with van der Waals surface area (Å²) in [4.78, 5) is 20.7. The van der Waals surface area contributed by atoms with E-state index >= 15 is 0 Å². The molecule has 2 rings (SSSR count). The topological polar surface area (TPSA) is 58.1 Å². The Hall–Kier alpha value is -1.65. The molecule has 0 bridgehead atoms. The molecule has 2 heterocycles. The van der Waals surface area contributed by atoms with E-state index < -0.39 is 0 Å². The average molecular weight is 178 g/mol. The monoisotopic (exact) mass is 178 g/mol.